The Morgan fingerprint density at radius 2 is 2.44 bits per heavy atom. The average Bonchev–Trinajstić information content (AvgIpc) is 2.46. The van der Waals surface area contributed by atoms with E-state index < -0.39 is 0 Å². The Balaban J connectivity index is 1.95. The van der Waals surface area contributed by atoms with Crippen LogP contribution in [-0.4, -0.2) is 35.7 Å². The van der Waals surface area contributed by atoms with Crippen molar-refractivity contribution < 1.29 is 9.13 Å². The summed E-state index contributed by atoms with van der Waals surface area (Å²) in [6.45, 7) is 5.61. The highest BCUT2D eigenvalue weighted by molar-refractivity contribution is 5.05. The lowest BCUT2D eigenvalue weighted by Gasteiger charge is -2.21. The van der Waals surface area contributed by atoms with Crippen molar-refractivity contribution in [2.75, 3.05) is 19.7 Å². The van der Waals surface area contributed by atoms with Crippen molar-refractivity contribution in [3.05, 3.63) is 29.8 Å². The van der Waals surface area contributed by atoms with Crippen molar-refractivity contribution >= 4 is 0 Å². The molecule has 4 heteroatoms. The Morgan fingerprint density at radius 3 is 3.19 bits per heavy atom. The van der Waals surface area contributed by atoms with Gasteiger partial charge in [-0.1, -0.05) is 0 Å². The predicted octanol–water partition coefficient (Wildman–Crippen LogP) is 1.83. The van der Waals surface area contributed by atoms with Crippen molar-refractivity contribution in [2.45, 2.75) is 26.0 Å². The van der Waals surface area contributed by atoms with Crippen molar-refractivity contribution in [1.29, 1.82) is 0 Å². The third kappa shape index (κ3) is 3.25. The molecule has 0 spiro atoms. The van der Waals surface area contributed by atoms with E-state index in [-0.39, 0.29) is 11.9 Å². The highest BCUT2D eigenvalue weighted by Gasteiger charge is 2.15. The molecule has 1 unspecified atom stereocenters. The first kappa shape index (κ1) is 11.5. The second-order valence-electron chi connectivity index (χ2n) is 4.24. The Bertz CT molecular complexity index is 328. The Morgan fingerprint density at radius 1 is 1.56 bits per heavy atom. The van der Waals surface area contributed by atoms with Crippen molar-refractivity contribution in [1.82, 2.24) is 9.88 Å². The maximum atomic E-state index is 12.7. The van der Waals surface area contributed by atoms with Crippen LogP contribution < -0.4 is 0 Å². The van der Waals surface area contributed by atoms with E-state index in [0.29, 0.717) is 0 Å². The van der Waals surface area contributed by atoms with Crippen LogP contribution in [0.3, 0.4) is 0 Å². The molecular formula is C12H17FN2O. The van der Waals surface area contributed by atoms with Gasteiger partial charge in [0, 0.05) is 26.2 Å². The molecule has 1 fully saturated rings. The fourth-order valence-corrected chi connectivity index (χ4v) is 1.95. The molecule has 2 rings (SSSR count). The lowest BCUT2D eigenvalue weighted by atomic mass is 10.3. The Labute approximate surface area is 95.2 Å². The van der Waals surface area contributed by atoms with E-state index in [1.54, 1.807) is 6.07 Å². The first-order valence-corrected chi connectivity index (χ1v) is 5.68. The van der Waals surface area contributed by atoms with Gasteiger partial charge < -0.3 is 4.74 Å². The van der Waals surface area contributed by atoms with Gasteiger partial charge in [-0.25, -0.2) is 4.39 Å². The molecule has 2 heterocycles. The molecule has 0 aliphatic carbocycles. The lowest BCUT2D eigenvalue weighted by Crippen LogP contribution is -2.30. The van der Waals surface area contributed by atoms with Gasteiger partial charge in [0.05, 0.1) is 18.0 Å². The van der Waals surface area contributed by atoms with E-state index in [2.05, 4.69) is 16.8 Å². The van der Waals surface area contributed by atoms with Crippen LogP contribution in [0.4, 0.5) is 4.39 Å². The summed E-state index contributed by atoms with van der Waals surface area (Å²) in [5, 5.41) is 0. The second-order valence-corrected chi connectivity index (χ2v) is 4.24. The molecule has 0 bridgehead atoms. The molecular weight excluding hydrogens is 207 g/mol. The third-order valence-corrected chi connectivity index (χ3v) is 2.71. The van der Waals surface area contributed by atoms with Gasteiger partial charge in [0.25, 0.3) is 0 Å². The molecule has 1 aromatic rings. The second kappa shape index (κ2) is 5.37. The Kier molecular flexibility index (Phi) is 3.85. The molecule has 16 heavy (non-hydrogen) atoms. The fourth-order valence-electron chi connectivity index (χ4n) is 1.95. The normalized spacial score (nSPS) is 23.0. The van der Waals surface area contributed by atoms with Gasteiger partial charge in [-0.3, -0.25) is 9.88 Å². The summed E-state index contributed by atoms with van der Waals surface area (Å²) in [6.07, 6.45) is 2.58. The van der Waals surface area contributed by atoms with E-state index in [0.717, 1.165) is 38.4 Å². The maximum absolute atomic E-state index is 12.7. The quantitative estimate of drug-likeness (QED) is 0.766. The molecule has 0 amide bonds. The first-order valence-electron chi connectivity index (χ1n) is 5.68. The average molecular weight is 224 g/mol. The van der Waals surface area contributed by atoms with Crippen LogP contribution in [0.1, 0.15) is 19.0 Å². The van der Waals surface area contributed by atoms with E-state index >= 15 is 0 Å². The van der Waals surface area contributed by atoms with Gasteiger partial charge in [0.2, 0.25) is 0 Å². The lowest BCUT2D eigenvalue weighted by molar-refractivity contribution is 0.0666. The summed E-state index contributed by atoms with van der Waals surface area (Å²) in [7, 11) is 0. The number of nitrogens with zero attached hydrogens (tertiary/aromatic N) is 2. The van der Waals surface area contributed by atoms with Crippen LogP contribution in [0.15, 0.2) is 18.3 Å². The van der Waals surface area contributed by atoms with E-state index in [4.69, 9.17) is 4.74 Å². The minimum absolute atomic E-state index is 0.267. The van der Waals surface area contributed by atoms with Gasteiger partial charge in [0.15, 0.2) is 0 Å². The number of hydrogen-bond acceptors (Lipinski definition) is 3. The van der Waals surface area contributed by atoms with Crippen LogP contribution in [0.25, 0.3) is 0 Å². The molecule has 1 saturated heterocycles. The molecule has 0 N–H and O–H groups in total. The maximum Gasteiger partial charge on any atom is 0.141 e. The zero-order valence-electron chi connectivity index (χ0n) is 9.53. The minimum atomic E-state index is -0.281. The molecule has 1 aliphatic heterocycles. The Hall–Kier alpha value is -1.00. The van der Waals surface area contributed by atoms with E-state index in [1.165, 1.54) is 12.3 Å². The summed E-state index contributed by atoms with van der Waals surface area (Å²) >= 11 is 0. The third-order valence-electron chi connectivity index (χ3n) is 2.71. The van der Waals surface area contributed by atoms with E-state index in [9.17, 15) is 4.39 Å². The molecule has 1 aromatic heterocycles. The van der Waals surface area contributed by atoms with Gasteiger partial charge >= 0.3 is 0 Å². The molecule has 88 valence electrons. The van der Waals surface area contributed by atoms with Gasteiger partial charge in [-0.2, -0.15) is 0 Å². The van der Waals surface area contributed by atoms with E-state index in [1.807, 2.05) is 0 Å². The van der Waals surface area contributed by atoms with Crippen LogP contribution >= 0.6 is 0 Å². The smallest absolute Gasteiger partial charge is 0.141 e. The van der Waals surface area contributed by atoms with Crippen molar-refractivity contribution in [3.8, 4) is 0 Å². The molecule has 0 saturated carbocycles. The molecule has 1 aliphatic rings. The standard InChI is InChI=1S/C12H17FN2O/c1-10-8-15(5-2-6-16-10)9-12-4-3-11(13)7-14-12/h3-4,7,10H,2,5-6,8-9H2,1H3. The van der Waals surface area contributed by atoms with Gasteiger partial charge in [-0.15, -0.1) is 0 Å². The zero-order chi connectivity index (χ0) is 11.4. The number of pyridine rings is 1. The number of hydrogen-bond donors (Lipinski definition) is 0. The highest BCUT2D eigenvalue weighted by Crippen LogP contribution is 2.09. The minimum Gasteiger partial charge on any atom is -0.377 e. The first-order chi connectivity index (χ1) is 7.74. The molecule has 0 radical (unpaired) electrons. The number of rotatable bonds is 2. The molecule has 3 nitrogen and oxygen atoms in total. The fraction of sp³-hybridized carbons (Fsp3) is 0.583. The monoisotopic (exact) mass is 224 g/mol. The van der Waals surface area contributed by atoms with Crippen LogP contribution in [0.5, 0.6) is 0 Å². The summed E-state index contributed by atoms with van der Waals surface area (Å²) in [5.41, 5.74) is 0.913. The van der Waals surface area contributed by atoms with Gasteiger partial charge in [0.1, 0.15) is 5.82 Å². The topological polar surface area (TPSA) is 25.4 Å². The van der Waals surface area contributed by atoms with Crippen LogP contribution in [0.2, 0.25) is 0 Å². The van der Waals surface area contributed by atoms with Crippen molar-refractivity contribution in [2.24, 2.45) is 0 Å². The van der Waals surface area contributed by atoms with Crippen molar-refractivity contribution in [3.63, 3.8) is 0 Å². The zero-order valence-corrected chi connectivity index (χ0v) is 9.53. The van der Waals surface area contributed by atoms with Crippen LogP contribution in [-0.2, 0) is 11.3 Å². The number of ether oxygens (including phenoxy) is 1. The SMILES string of the molecule is CC1CN(Cc2ccc(F)cn2)CCCO1. The number of halogens is 1. The number of aromatic nitrogens is 1. The molecule has 0 aromatic carbocycles. The molecule has 1 atom stereocenters. The van der Waals surface area contributed by atoms with Gasteiger partial charge in [-0.05, 0) is 25.5 Å². The predicted molar refractivity (Wildman–Crippen MR) is 59.5 cm³/mol. The van der Waals surface area contributed by atoms with Crippen LogP contribution in [0, 0.1) is 5.82 Å². The summed E-state index contributed by atoms with van der Waals surface area (Å²) < 4.78 is 18.3. The summed E-state index contributed by atoms with van der Waals surface area (Å²) in [5.74, 6) is -0.281. The summed E-state index contributed by atoms with van der Waals surface area (Å²) in [6, 6.07) is 3.20. The largest absolute Gasteiger partial charge is 0.377 e. The summed E-state index contributed by atoms with van der Waals surface area (Å²) in [4.78, 5) is 6.37. The highest BCUT2D eigenvalue weighted by atomic mass is 19.1.